The lowest BCUT2D eigenvalue weighted by molar-refractivity contribution is 0.0600. The van der Waals surface area contributed by atoms with Crippen molar-refractivity contribution in [1.29, 1.82) is 0 Å². The average Bonchev–Trinajstić information content (AvgIpc) is 2.98. The van der Waals surface area contributed by atoms with Gasteiger partial charge in [-0.15, -0.1) is 0 Å². The maximum absolute atomic E-state index is 11.7. The first-order chi connectivity index (χ1) is 10.2. The van der Waals surface area contributed by atoms with E-state index < -0.39 is 0 Å². The maximum atomic E-state index is 11.7. The molecule has 112 valence electrons. The molecule has 1 aromatic heterocycles. The van der Waals surface area contributed by atoms with Gasteiger partial charge in [-0.25, -0.2) is 9.78 Å². The predicted octanol–water partition coefficient (Wildman–Crippen LogP) is 1.50. The maximum Gasteiger partial charge on any atom is 0.338 e. The van der Waals surface area contributed by atoms with Crippen molar-refractivity contribution in [2.75, 3.05) is 45.3 Å². The summed E-state index contributed by atoms with van der Waals surface area (Å²) in [5, 5.41) is 4.29. The van der Waals surface area contributed by atoms with Gasteiger partial charge in [0.05, 0.1) is 24.5 Å². The van der Waals surface area contributed by atoms with Crippen LogP contribution in [-0.2, 0) is 4.74 Å². The smallest absolute Gasteiger partial charge is 0.338 e. The third kappa shape index (κ3) is 2.66. The van der Waals surface area contributed by atoms with Crippen LogP contribution in [0.3, 0.4) is 0 Å². The van der Waals surface area contributed by atoms with Gasteiger partial charge in [-0.3, -0.25) is 0 Å². The van der Waals surface area contributed by atoms with Crippen LogP contribution in [0.1, 0.15) is 10.4 Å². The zero-order valence-electron chi connectivity index (χ0n) is 12.0. The van der Waals surface area contributed by atoms with Crippen molar-refractivity contribution in [2.24, 2.45) is 0 Å². The summed E-state index contributed by atoms with van der Waals surface area (Å²) in [6, 6.07) is 3.49. The van der Waals surface area contributed by atoms with Crippen LogP contribution in [0.5, 0.6) is 5.75 Å². The van der Waals surface area contributed by atoms with Crippen LogP contribution in [-0.4, -0.2) is 51.4 Å². The third-order valence-corrected chi connectivity index (χ3v) is 4.54. The highest BCUT2D eigenvalue weighted by Gasteiger charge is 2.19. The van der Waals surface area contributed by atoms with Gasteiger partial charge in [0.25, 0.3) is 0 Å². The summed E-state index contributed by atoms with van der Waals surface area (Å²) in [4.78, 5) is 18.6. The van der Waals surface area contributed by atoms with E-state index in [9.17, 15) is 4.79 Å². The van der Waals surface area contributed by atoms with E-state index in [-0.39, 0.29) is 5.97 Å². The number of fused-ring (bicyclic) bond motifs is 1. The van der Waals surface area contributed by atoms with E-state index in [0.29, 0.717) is 11.3 Å². The van der Waals surface area contributed by atoms with Gasteiger partial charge >= 0.3 is 5.97 Å². The van der Waals surface area contributed by atoms with Gasteiger partial charge in [0.2, 0.25) is 0 Å². The first-order valence-electron chi connectivity index (χ1n) is 6.75. The summed E-state index contributed by atoms with van der Waals surface area (Å²) < 4.78 is 11.1. The molecule has 3 rings (SSSR count). The number of nitrogens with zero attached hydrogens (tertiary/aromatic N) is 2. The second-order valence-electron chi connectivity index (χ2n) is 4.75. The Morgan fingerprint density at radius 1 is 1.33 bits per heavy atom. The van der Waals surface area contributed by atoms with E-state index in [1.54, 1.807) is 24.5 Å². The van der Waals surface area contributed by atoms with E-state index in [0.717, 1.165) is 41.5 Å². The first-order valence-corrected chi connectivity index (χ1v) is 7.57. The monoisotopic (exact) mass is 307 g/mol. The number of hydrogen-bond donors (Lipinski definition) is 1. The number of carbonyl (C=O) groups excluding carboxylic acids is 1. The normalized spacial score (nSPS) is 15.2. The molecule has 1 fully saturated rings. The molecule has 0 spiro atoms. The molecule has 0 amide bonds. The van der Waals surface area contributed by atoms with Gasteiger partial charge in [-0.2, -0.15) is 0 Å². The fourth-order valence-corrected chi connectivity index (χ4v) is 3.44. The molecular weight excluding hydrogens is 290 g/mol. The molecule has 0 atom stereocenters. The molecule has 0 bridgehead atoms. The van der Waals surface area contributed by atoms with Crippen LogP contribution in [0, 0.1) is 0 Å². The Hall–Kier alpha value is -1.86. The van der Waals surface area contributed by atoms with Crippen LogP contribution in [0.4, 0.5) is 5.13 Å². The highest BCUT2D eigenvalue weighted by atomic mass is 32.1. The van der Waals surface area contributed by atoms with Gasteiger partial charge in [0, 0.05) is 26.2 Å². The number of thiazole rings is 1. The number of esters is 1. The summed E-state index contributed by atoms with van der Waals surface area (Å²) >= 11 is 1.57. The second kappa shape index (κ2) is 5.87. The Balaban J connectivity index is 2.04. The Bertz CT molecular complexity index is 665. The number of aromatic nitrogens is 1. The molecule has 6 nitrogen and oxygen atoms in total. The lowest BCUT2D eigenvalue weighted by Crippen LogP contribution is -2.43. The average molecular weight is 307 g/mol. The molecule has 0 saturated carbocycles. The minimum atomic E-state index is -0.368. The van der Waals surface area contributed by atoms with Crippen LogP contribution < -0.4 is 15.0 Å². The van der Waals surface area contributed by atoms with Crippen LogP contribution in [0.15, 0.2) is 12.1 Å². The molecule has 0 aliphatic carbocycles. The number of nitrogens with one attached hydrogen (secondary N) is 1. The lowest BCUT2D eigenvalue weighted by atomic mass is 10.2. The van der Waals surface area contributed by atoms with Crippen molar-refractivity contribution in [3.63, 3.8) is 0 Å². The summed E-state index contributed by atoms with van der Waals surface area (Å²) in [5.41, 5.74) is 1.28. The summed E-state index contributed by atoms with van der Waals surface area (Å²) in [6.45, 7) is 3.79. The Labute approximate surface area is 126 Å². The highest BCUT2D eigenvalue weighted by molar-refractivity contribution is 7.22. The fourth-order valence-electron chi connectivity index (χ4n) is 2.37. The van der Waals surface area contributed by atoms with Gasteiger partial charge in [0.15, 0.2) is 5.13 Å². The Morgan fingerprint density at radius 2 is 2.10 bits per heavy atom. The molecule has 2 heterocycles. The first kappa shape index (κ1) is 14.1. The minimum Gasteiger partial charge on any atom is -0.494 e. The zero-order valence-corrected chi connectivity index (χ0v) is 12.8. The number of methoxy groups -OCH3 is 2. The van der Waals surface area contributed by atoms with Crippen molar-refractivity contribution in [2.45, 2.75) is 0 Å². The topological polar surface area (TPSA) is 63.7 Å². The van der Waals surface area contributed by atoms with Gasteiger partial charge in [-0.1, -0.05) is 11.3 Å². The van der Waals surface area contributed by atoms with E-state index in [4.69, 9.17) is 9.47 Å². The molecule has 21 heavy (non-hydrogen) atoms. The number of benzene rings is 1. The molecule has 1 saturated heterocycles. The van der Waals surface area contributed by atoms with Gasteiger partial charge in [0.1, 0.15) is 11.3 Å². The summed E-state index contributed by atoms with van der Waals surface area (Å²) in [7, 11) is 2.96. The van der Waals surface area contributed by atoms with Crippen molar-refractivity contribution in [3.8, 4) is 5.75 Å². The van der Waals surface area contributed by atoms with Crippen molar-refractivity contribution < 1.29 is 14.3 Å². The van der Waals surface area contributed by atoms with Crippen LogP contribution in [0.2, 0.25) is 0 Å². The molecule has 0 radical (unpaired) electrons. The predicted molar refractivity (Wildman–Crippen MR) is 82.6 cm³/mol. The molecule has 7 heteroatoms. The number of ether oxygens (including phenoxy) is 2. The van der Waals surface area contributed by atoms with E-state index >= 15 is 0 Å². The molecule has 0 unspecified atom stereocenters. The van der Waals surface area contributed by atoms with Crippen LogP contribution >= 0.6 is 11.3 Å². The second-order valence-corrected chi connectivity index (χ2v) is 5.76. The van der Waals surface area contributed by atoms with Crippen molar-refractivity contribution >= 4 is 32.7 Å². The molecule has 1 N–H and O–H groups in total. The molecule has 1 aliphatic rings. The highest BCUT2D eigenvalue weighted by Crippen LogP contribution is 2.35. The lowest BCUT2D eigenvalue weighted by Gasteiger charge is -2.26. The molecule has 2 aromatic rings. The Kier molecular flexibility index (Phi) is 3.94. The third-order valence-electron chi connectivity index (χ3n) is 3.48. The fraction of sp³-hybridized carbons (Fsp3) is 0.429. The van der Waals surface area contributed by atoms with E-state index in [1.807, 2.05) is 6.07 Å². The minimum absolute atomic E-state index is 0.368. The standard InChI is InChI=1S/C14H17N3O3S/c1-19-10-7-9(13(18)20-2)8-11-12(10)16-14(21-11)17-5-3-15-4-6-17/h7-8,15H,3-6H2,1-2H3. The zero-order chi connectivity index (χ0) is 14.8. The van der Waals surface area contributed by atoms with Crippen LogP contribution in [0.25, 0.3) is 10.2 Å². The SMILES string of the molecule is COC(=O)c1cc(OC)c2nc(N3CCNCC3)sc2c1. The number of hydrogen-bond acceptors (Lipinski definition) is 7. The van der Waals surface area contributed by atoms with Crippen molar-refractivity contribution in [3.05, 3.63) is 17.7 Å². The van der Waals surface area contributed by atoms with Crippen molar-refractivity contribution in [1.82, 2.24) is 10.3 Å². The quantitative estimate of drug-likeness (QED) is 0.867. The molecule has 1 aliphatic heterocycles. The van der Waals surface area contributed by atoms with E-state index in [1.165, 1.54) is 7.11 Å². The summed E-state index contributed by atoms with van der Waals surface area (Å²) in [5.74, 6) is 0.234. The van der Waals surface area contributed by atoms with Gasteiger partial charge in [-0.05, 0) is 12.1 Å². The number of rotatable bonds is 3. The summed E-state index contributed by atoms with van der Waals surface area (Å²) in [6.07, 6.45) is 0. The number of carbonyl (C=O) groups is 1. The number of anilines is 1. The largest absolute Gasteiger partial charge is 0.494 e. The Morgan fingerprint density at radius 3 is 2.76 bits per heavy atom. The number of piperazine rings is 1. The van der Waals surface area contributed by atoms with E-state index in [2.05, 4.69) is 15.2 Å². The molecule has 1 aromatic carbocycles. The van der Waals surface area contributed by atoms with Gasteiger partial charge < -0.3 is 19.7 Å². The molecular formula is C14H17N3O3S.